The number of carbonyl (C=O) groups is 2. The van der Waals surface area contributed by atoms with E-state index in [1.807, 2.05) is 99.8 Å². The van der Waals surface area contributed by atoms with Crippen LogP contribution >= 0.6 is 7.92 Å². The Hall–Kier alpha value is -4.64. The Labute approximate surface area is 303 Å². The molecule has 4 aromatic carbocycles. The molecule has 3 aliphatic heterocycles. The summed E-state index contributed by atoms with van der Waals surface area (Å²) in [6, 6.07) is 37.8. The Balaban J connectivity index is 1.22. The van der Waals surface area contributed by atoms with Crippen LogP contribution in [0, 0.1) is 17.3 Å². The summed E-state index contributed by atoms with van der Waals surface area (Å²) in [5.41, 5.74) is 1.98. The van der Waals surface area contributed by atoms with Crippen molar-refractivity contribution in [3.05, 3.63) is 145 Å². The van der Waals surface area contributed by atoms with Gasteiger partial charge in [0.15, 0.2) is 0 Å². The van der Waals surface area contributed by atoms with Crippen LogP contribution in [0.2, 0.25) is 0 Å². The second-order valence-corrected chi connectivity index (χ2v) is 17.1. The number of pyridine rings is 1. The molecule has 5 aromatic rings. The average Bonchev–Trinajstić information content (AvgIpc) is 3.16. The van der Waals surface area contributed by atoms with Gasteiger partial charge in [0.05, 0.1) is 11.6 Å². The lowest BCUT2D eigenvalue weighted by Crippen LogP contribution is -2.60. The maximum atomic E-state index is 14.7. The maximum Gasteiger partial charge on any atom is 0.252 e. The van der Waals surface area contributed by atoms with Gasteiger partial charge in [0.2, 0.25) is 5.91 Å². The quantitative estimate of drug-likeness (QED) is 0.123. The molecule has 3 saturated heterocycles. The summed E-state index contributed by atoms with van der Waals surface area (Å²) in [7, 11) is -1.03. The third-order valence-corrected chi connectivity index (χ3v) is 13.2. The summed E-state index contributed by atoms with van der Waals surface area (Å²) < 4.78 is 0. The summed E-state index contributed by atoms with van der Waals surface area (Å²) in [5.74, 6) is 0.555. The summed E-state index contributed by atoms with van der Waals surface area (Å²) >= 11 is 0. The number of benzene rings is 4. The molecule has 0 saturated carbocycles. The van der Waals surface area contributed by atoms with E-state index in [1.165, 1.54) is 0 Å². The van der Waals surface area contributed by atoms with Crippen molar-refractivity contribution < 1.29 is 9.59 Å². The highest BCUT2D eigenvalue weighted by atomic mass is 31.1. The lowest BCUT2D eigenvalue weighted by molar-refractivity contribution is -0.127. The number of piperidine rings is 3. The van der Waals surface area contributed by atoms with Crippen LogP contribution in [0.1, 0.15) is 55.6 Å². The number of para-hydroxylation sites is 1. The Bertz CT molecular complexity index is 1970. The zero-order chi connectivity index (χ0) is 35.5. The van der Waals surface area contributed by atoms with Crippen LogP contribution in [0.15, 0.2) is 134 Å². The predicted octanol–water partition coefficient (Wildman–Crippen LogP) is 6.89. The van der Waals surface area contributed by atoms with E-state index in [2.05, 4.69) is 75.6 Å². The molecule has 6 atom stereocenters. The minimum Gasteiger partial charge on any atom is -0.346 e. The molecule has 3 fully saturated rings. The molecule has 4 unspecified atom stereocenters. The van der Waals surface area contributed by atoms with Crippen molar-refractivity contribution in [1.29, 1.82) is 0 Å². The number of aromatic nitrogens is 1. The first-order valence-electron chi connectivity index (χ1n) is 18.0. The number of rotatable bonds is 10. The van der Waals surface area contributed by atoms with Crippen LogP contribution < -0.4 is 26.5 Å². The summed E-state index contributed by atoms with van der Waals surface area (Å²) in [5, 5.41) is 11.1. The van der Waals surface area contributed by atoms with E-state index in [9.17, 15) is 9.59 Å². The molecule has 2 N–H and O–H groups in total. The molecule has 0 aliphatic carbocycles. The lowest BCUT2D eigenvalue weighted by atomic mass is 9.73. The molecule has 1 aromatic heterocycles. The molecule has 51 heavy (non-hydrogen) atoms. The van der Waals surface area contributed by atoms with E-state index in [4.69, 9.17) is 0 Å². The topological polar surface area (TPSA) is 74.3 Å². The first-order chi connectivity index (χ1) is 24.7. The number of hydrogen-bond donors (Lipinski definition) is 2. The smallest absolute Gasteiger partial charge is 0.252 e. The van der Waals surface area contributed by atoms with Crippen LogP contribution in [-0.2, 0) is 4.79 Å². The Morgan fingerprint density at radius 1 is 0.863 bits per heavy atom. The predicted molar refractivity (Wildman–Crippen MR) is 210 cm³/mol. The van der Waals surface area contributed by atoms with Crippen LogP contribution in [-0.4, -0.2) is 46.9 Å². The average molecular weight is 695 g/mol. The number of hydrogen-bond acceptors (Lipinski definition) is 4. The number of nitrogens with zero attached hydrogens (tertiary/aromatic N) is 2. The van der Waals surface area contributed by atoms with Gasteiger partial charge in [-0.05, 0) is 84.2 Å². The van der Waals surface area contributed by atoms with Crippen molar-refractivity contribution in [2.24, 2.45) is 17.3 Å². The monoisotopic (exact) mass is 694 g/mol. The molecule has 3 aliphatic rings. The number of carbonyl (C=O) groups excluding carboxylic acids is 2. The van der Waals surface area contributed by atoms with Crippen LogP contribution in [0.3, 0.4) is 0 Å². The molecule has 8 rings (SSSR count). The third kappa shape index (κ3) is 7.26. The molecule has 7 heteroatoms. The van der Waals surface area contributed by atoms with Crippen molar-refractivity contribution in [1.82, 2.24) is 20.5 Å². The molecule has 2 amide bonds. The van der Waals surface area contributed by atoms with E-state index in [0.717, 1.165) is 58.3 Å². The van der Waals surface area contributed by atoms with Crippen LogP contribution in [0.25, 0.3) is 10.9 Å². The summed E-state index contributed by atoms with van der Waals surface area (Å²) in [6.07, 6.45) is 6.06. The normalized spacial score (nSPS) is 21.2. The third-order valence-electron chi connectivity index (χ3n) is 10.7. The largest absolute Gasteiger partial charge is 0.346 e. The standard InChI is InChI=1S/C44H47N4O2P/c1-5-30-29-48-27-25-31(30)28-38(48)40(35-24-26-45-37-22-14-12-20-34(35)37)46-43(50)41(44(2,3)4)47-42(49)36-21-13-15-23-39(36)51(32-16-8-6-9-17-32)33-18-10-7-11-19-33/h5-24,26,30-31,38,40-41H,1,25,27-29H2,2-4H3,(H,46,50)(H,47,49)/t30?,31?,38?,40-,41+/m1/s1. The number of nitrogens with one attached hydrogen (secondary N) is 2. The molecule has 6 nitrogen and oxygen atoms in total. The van der Waals surface area contributed by atoms with E-state index >= 15 is 0 Å². The highest BCUT2D eigenvalue weighted by Gasteiger charge is 2.44. The minimum atomic E-state index is -1.03. The van der Waals surface area contributed by atoms with Gasteiger partial charge < -0.3 is 10.6 Å². The van der Waals surface area contributed by atoms with Gasteiger partial charge in [-0.25, -0.2) is 0 Å². The molecular weight excluding hydrogens is 647 g/mol. The van der Waals surface area contributed by atoms with E-state index in [1.54, 1.807) is 0 Å². The van der Waals surface area contributed by atoms with Gasteiger partial charge in [-0.3, -0.25) is 19.5 Å². The van der Waals surface area contributed by atoms with Crippen LogP contribution in [0.5, 0.6) is 0 Å². The Morgan fingerprint density at radius 3 is 2.16 bits per heavy atom. The first kappa shape index (κ1) is 34.8. The molecule has 4 heterocycles. The highest BCUT2D eigenvalue weighted by Crippen LogP contribution is 2.42. The fourth-order valence-corrected chi connectivity index (χ4v) is 10.5. The van der Waals surface area contributed by atoms with Gasteiger partial charge in [0.1, 0.15) is 6.04 Å². The van der Waals surface area contributed by atoms with E-state index < -0.39 is 19.4 Å². The second-order valence-electron chi connectivity index (χ2n) is 14.9. The van der Waals surface area contributed by atoms with Gasteiger partial charge >= 0.3 is 0 Å². The Morgan fingerprint density at radius 2 is 1.51 bits per heavy atom. The van der Waals surface area contributed by atoms with Gasteiger partial charge in [0, 0.05) is 29.7 Å². The summed E-state index contributed by atoms with van der Waals surface area (Å²) in [6.45, 7) is 12.1. The van der Waals surface area contributed by atoms with E-state index in [0.29, 0.717) is 17.4 Å². The van der Waals surface area contributed by atoms with Gasteiger partial charge in [-0.1, -0.05) is 124 Å². The maximum absolute atomic E-state index is 14.7. The summed E-state index contributed by atoms with van der Waals surface area (Å²) in [4.78, 5) is 36.4. The van der Waals surface area contributed by atoms with Crippen molar-refractivity contribution >= 4 is 46.6 Å². The zero-order valence-corrected chi connectivity index (χ0v) is 30.6. The lowest BCUT2D eigenvalue weighted by Gasteiger charge is -2.52. The fraction of sp³-hybridized carbons (Fsp3) is 0.295. The second kappa shape index (κ2) is 14.9. The zero-order valence-electron chi connectivity index (χ0n) is 29.7. The highest BCUT2D eigenvalue weighted by molar-refractivity contribution is 7.80. The molecule has 0 spiro atoms. The molecule has 2 bridgehead atoms. The molecule has 0 radical (unpaired) electrons. The van der Waals surface area contributed by atoms with Gasteiger partial charge in [0.25, 0.3) is 5.91 Å². The Kier molecular flexibility index (Phi) is 10.2. The number of fused-ring (bicyclic) bond motifs is 4. The molecular formula is C44H47N4O2P. The van der Waals surface area contributed by atoms with Crippen molar-refractivity contribution in [3.63, 3.8) is 0 Å². The minimum absolute atomic E-state index is 0.118. The van der Waals surface area contributed by atoms with E-state index in [-0.39, 0.29) is 23.9 Å². The fourth-order valence-electron chi connectivity index (χ4n) is 8.06. The van der Waals surface area contributed by atoms with Crippen molar-refractivity contribution in [2.75, 3.05) is 13.1 Å². The van der Waals surface area contributed by atoms with Crippen molar-refractivity contribution in [2.45, 2.75) is 51.7 Å². The van der Waals surface area contributed by atoms with Gasteiger partial charge in [-0.2, -0.15) is 0 Å². The first-order valence-corrected chi connectivity index (χ1v) is 19.4. The van der Waals surface area contributed by atoms with Crippen LogP contribution in [0.4, 0.5) is 0 Å². The SMILES string of the molecule is C=CC1CN2CCC1CC2[C@H](NC(=O)[C@H](NC(=O)c1ccccc1P(c1ccccc1)c1ccccc1)C(C)(C)C)c1ccnc2ccccc12. The van der Waals surface area contributed by atoms with Crippen molar-refractivity contribution in [3.8, 4) is 0 Å². The van der Waals surface area contributed by atoms with Gasteiger partial charge in [-0.15, -0.1) is 6.58 Å². The molecule has 260 valence electrons. The number of amides is 2.